The smallest absolute Gasteiger partial charge is 0.00905 e. The van der Waals surface area contributed by atoms with Crippen molar-refractivity contribution in [1.82, 2.24) is 0 Å². The second-order valence-corrected chi connectivity index (χ2v) is 5.97. The summed E-state index contributed by atoms with van der Waals surface area (Å²) in [6.07, 6.45) is 9.06. The molecule has 2 aliphatic carbocycles. The Balaban J connectivity index is 2.24. The first-order chi connectivity index (χ1) is 9.17. The van der Waals surface area contributed by atoms with E-state index in [1.165, 1.54) is 32.4 Å². The summed E-state index contributed by atoms with van der Waals surface area (Å²) in [4.78, 5) is 0. The summed E-state index contributed by atoms with van der Waals surface area (Å²) in [5, 5.41) is 5.47. The summed E-state index contributed by atoms with van der Waals surface area (Å²) in [7, 11) is 0. The minimum Gasteiger partial charge on any atom is -0.0744 e. The van der Waals surface area contributed by atoms with Crippen molar-refractivity contribution in [3.05, 3.63) is 70.6 Å². The van der Waals surface area contributed by atoms with E-state index in [0.29, 0.717) is 0 Å². The Kier molecular flexibility index (Phi) is 1.98. The molecule has 0 fully saturated rings. The summed E-state index contributed by atoms with van der Waals surface area (Å²) < 4.78 is 0. The van der Waals surface area contributed by atoms with Gasteiger partial charge in [-0.15, -0.1) is 0 Å². The van der Waals surface area contributed by atoms with Crippen LogP contribution in [0.1, 0.15) is 13.8 Å². The van der Waals surface area contributed by atoms with E-state index in [1.54, 1.807) is 0 Å². The molecule has 4 rings (SSSR count). The van der Waals surface area contributed by atoms with Gasteiger partial charge in [0.25, 0.3) is 0 Å². The molecular formula is C19H16. The highest BCUT2D eigenvalue weighted by atomic mass is 14.3. The van der Waals surface area contributed by atoms with E-state index in [4.69, 9.17) is 0 Å². The largest absolute Gasteiger partial charge is 0.0744 e. The van der Waals surface area contributed by atoms with Crippen LogP contribution in [0.25, 0.3) is 22.4 Å². The van der Waals surface area contributed by atoms with Crippen LogP contribution in [0.2, 0.25) is 0 Å². The maximum absolute atomic E-state index is 2.35. The molecule has 0 heterocycles. The fourth-order valence-electron chi connectivity index (χ4n) is 3.38. The van der Waals surface area contributed by atoms with Gasteiger partial charge in [-0.1, -0.05) is 68.5 Å². The molecular weight excluding hydrogens is 228 g/mol. The topological polar surface area (TPSA) is 0 Å². The molecule has 0 atom stereocenters. The van der Waals surface area contributed by atoms with Crippen LogP contribution in [0.5, 0.6) is 0 Å². The fourth-order valence-corrected chi connectivity index (χ4v) is 3.38. The predicted molar refractivity (Wildman–Crippen MR) is 82.1 cm³/mol. The molecule has 0 radical (unpaired) electrons. The van der Waals surface area contributed by atoms with Crippen molar-refractivity contribution in [2.75, 3.05) is 0 Å². The zero-order valence-corrected chi connectivity index (χ0v) is 11.3. The highest BCUT2D eigenvalue weighted by Gasteiger charge is 2.27. The van der Waals surface area contributed by atoms with Crippen molar-refractivity contribution >= 4 is 22.4 Å². The average Bonchev–Trinajstić information content (AvgIpc) is 2.78. The van der Waals surface area contributed by atoms with Crippen LogP contribution in [0.3, 0.4) is 0 Å². The molecule has 0 N–H and O–H groups in total. The number of benzene rings is 2. The monoisotopic (exact) mass is 244 g/mol. The lowest BCUT2D eigenvalue weighted by Crippen LogP contribution is -2.28. The van der Waals surface area contributed by atoms with Crippen LogP contribution in [-0.2, 0) is 0 Å². The second kappa shape index (κ2) is 3.48. The highest BCUT2D eigenvalue weighted by Crippen LogP contribution is 2.38. The van der Waals surface area contributed by atoms with E-state index >= 15 is 0 Å². The maximum Gasteiger partial charge on any atom is 0.00905 e. The highest BCUT2D eigenvalue weighted by molar-refractivity contribution is 5.94. The summed E-state index contributed by atoms with van der Waals surface area (Å²) >= 11 is 0. The quantitative estimate of drug-likeness (QED) is 0.667. The molecule has 0 saturated carbocycles. The van der Waals surface area contributed by atoms with Crippen LogP contribution in [0, 0.1) is 5.41 Å². The Morgan fingerprint density at radius 3 is 2.68 bits per heavy atom. The number of fused-ring (bicyclic) bond motifs is 4. The van der Waals surface area contributed by atoms with Crippen molar-refractivity contribution in [3.63, 3.8) is 0 Å². The zero-order chi connectivity index (χ0) is 13.0. The van der Waals surface area contributed by atoms with Crippen molar-refractivity contribution in [2.45, 2.75) is 13.8 Å². The molecule has 19 heavy (non-hydrogen) atoms. The summed E-state index contributed by atoms with van der Waals surface area (Å²) in [5.41, 5.74) is 2.96. The van der Waals surface area contributed by atoms with Crippen LogP contribution in [0.15, 0.2) is 60.2 Å². The van der Waals surface area contributed by atoms with Gasteiger partial charge in [-0.05, 0) is 38.4 Å². The lowest BCUT2D eigenvalue weighted by molar-refractivity contribution is 0.644. The van der Waals surface area contributed by atoms with Gasteiger partial charge in [0.05, 0.1) is 0 Å². The van der Waals surface area contributed by atoms with E-state index in [9.17, 15) is 0 Å². The molecule has 92 valence electrons. The van der Waals surface area contributed by atoms with Crippen molar-refractivity contribution in [3.8, 4) is 0 Å². The second-order valence-electron chi connectivity index (χ2n) is 5.97. The lowest BCUT2D eigenvalue weighted by atomic mass is 9.77. The third kappa shape index (κ3) is 1.40. The molecule has 0 heteroatoms. The molecule has 0 amide bonds. The molecule has 0 aromatic heterocycles. The van der Waals surface area contributed by atoms with Gasteiger partial charge in [0.1, 0.15) is 0 Å². The van der Waals surface area contributed by atoms with Gasteiger partial charge in [0.2, 0.25) is 0 Å². The standard InChI is InChI=1S/C19H16/c1-19(2)11-5-7-14-12-17-15-8-4-3-6-13(15)9-10-16(17)18(14)19/h3-12H,1-2H3. The van der Waals surface area contributed by atoms with E-state index in [2.05, 4.69) is 74.5 Å². The Morgan fingerprint density at radius 2 is 1.79 bits per heavy atom. The van der Waals surface area contributed by atoms with Crippen molar-refractivity contribution in [1.29, 1.82) is 0 Å². The molecule has 0 aliphatic heterocycles. The van der Waals surface area contributed by atoms with Crippen LogP contribution in [-0.4, -0.2) is 0 Å². The van der Waals surface area contributed by atoms with Gasteiger partial charge in [-0.3, -0.25) is 0 Å². The zero-order valence-electron chi connectivity index (χ0n) is 11.3. The minimum absolute atomic E-state index is 0.119. The Bertz CT molecular complexity index is 874. The summed E-state index contributed by atoms with van der Waals surface area (Å²) in [5.74, 6) is 0. The summed E-state index contributed by atoms with van der Waals surface area (Å²) in [6, 6.07) is 13.2. The van der Waals surface area contributed by atoms with Crippen LogP contribution < -0.4 is 10.4 Å². The number of hydrogen-bond acceptors (Lipinski definition) is 0. The first kappa shape index (κ1) is 10.8. The van der Waals surface area contributed by atoms with Crippen LogP contribution in [0.4, 0.5) is 0 Å². The number of rotatable bonds is 0. The molecule has 0 spiro atoms. The first-order valence-electron chi connectivity index (χ1n) is 6.81. The van der Waals surface area contributed by atoms with E-state index in [-0.39, 0.29) is 5.41 Å². The lowest BCUT2D eigenvalue weighted by Gasteiger charge is -2.26. The summed E-state index contributed by atoms with van der Waals surface area (Å²) in [6.45, 7) is 4.59. The average molecular weight is 244 g/mol. The predicted octanol–water partition coefficient (Wildman–Crippen LogP) is 3.31. The third-order valence-corrected chi connectivity index (χ3v) is 4.26. The van der Waals surface area contributed by atoms with Gasteiger partial charge in [-0.2, -0.15) is 0 Å². The number of allylic oxidation sites excluding steroid dienone is 4. The molecule has 2 aromatic rings. The van der Waals surface area contributed by atoms with Gasteiger partial charge in [0.15, 0.2) is 0 Å². The molecule has 0 saturated heterocycles. The maximum atomic E-state index is 2.35. The third-order valence-electron chi connectivity index (χ3n) is 4.26. The van der Waals surface area contributed by atoms with Gasteiger partial charge in [0, 0.05) is 5.41 Å². The first-order valence-corrected chi connectivity index (χ1v) is 6.81. The van der Waals surface area contributed by atoms with E-state index < -0.39 is 0 Å². The van der Waals surface area contributed by atoms with E-state index in [0.717, 1.165) is 0 Å². The Morgan fingerprint density at radius 1 is 0.947 bits per heavy atom. The normalized spacial score (nSPS) is 18.8. The number of hydrogen-bond donors (Lipinski definition) is 0. The van der Waals surface area contributed by atoms with Crippen molar-refractivity contribution < 1.29 is 0 Å². The molecule has 0 nitrogen and oxygen atoms in total. The molecule has 2 aliphatic rings. The van der Waals surface area contributed by atoms with Crippen molar-refractivity contribution in [2.24, 2.45) is 5.41 Å². The van der Waals surface area contributed by atoms with Gasteiger partial charge >= 0.3 is 0 Å². The Hall–Kier alpha value is -2.08. The van der Waals surface area contributed by atoms with Gasteiger partial charge < -0.3 is 0 Å². The molecule has 0 unspecified atom stereocenters. The van der Waals surface area contributed by atoms with Crippen LogP contribution >= 0.6 is 0 Å². The van der Waals surface area contributed by atoms with Gasteiger partial charge in [-0.25, -0.2) is 0 Å². The van der Waals surface area contributed by atoms with E-state index in [1.807, 2.05) is 0 Å². The minimum atomic E-state index is 0.119. The molecule has 0 bridgehead atoms. The SMILES string of the molecule is CC1(C)C=CC=C2C=c3c(ccc4ccccc34)=C21. The fraction of sp³-hybridized carbons (Fsp3) is 0.158. The molecule has 2 aromatic carbocycles. The Labute approximate surface area is 113 Å².